The standard InChI is InChI=1S/C12H16N2O/c1-9(8-15)10(2)14-12-5-3-11(7-13)4-6-12/h3-6,9-10,14-15H,8H2,1-2H3. The predicted molar refractivity (Wildman–Crippen MR) is 60.5 cm³/mol. The molecule has 0 aliphatic rings. The highest BCUT2D eigenvalue weighted by Gasteiger charge is 2.10. The minimum absolute atomic E-state index is 0.171. The van der Waals surface area contributed by atoms with Crippen molar-refractivity contribution in [2.75, 3.05) is 11.9 Å². The molecule has 0 bridgehead atoms. The third-order valence-electron chi connectivity index (χ3n) is 2.55. The molecule has 0 aliphatic heterocycles. The SMILES string of the molecule is CC(CO)C(C)Nc1ccc(C#N)cc1. The van der Waals surface area contributed by atoms with Crippen LogP contribution in [0.5, 0.6) is 0 Å². The molecule has 0 aliphatic carbocycles. The number of nitriles is 1. The second-order valence-corrected chi connectivity index (χ2v) is 3.78. The molecule has 15 heavy (non-hydrogen) atoms. The maximum Gasteiger partial charge on any atom is 0.0991 e. The number of hydrogen-bond donors (Lipinski definition) is 2. The summed E-state index contributed by atoms with van der Waals surface area (Å²) in [7, 11) is 0. The highest BCUT2D eigenvalue weighted by atomic mass is 16.3. The summed E-state index contributed by atoms with van der Waals surface area (Å²) < 4.78 is 0. The van der Waals surface area contributed by atoms with Crippen LogP contribution in [0, 0.1) is 17.2 Å². The van der Waals surface area contributed by atoms with Crippen LogP contribution in [0.3, 0.4) is 0 Å². The zero-order valence-corrected chi connectivity index (χ0v) is 9.07. The van der Waals surface area contributed by atoms with Crippen LogP contribution >= 0.6 is 0 Å². The van der Waals surface area contributed by atoms with Crippen molar-refractivity contribution in [1.82, 2.24) is 0 Å². The predicted octanol–water partition coefficient (Wildman–Crippen LogP) is 1.99. The molecule has 0 fully saturated rings. The first-order valence-electron chi connectivity index (χ1n) is 5.05. The van der Waals surface area contributed by atoms with Crippen LogP contribution in [0.1, 0.15) is 19.4 Å². The van der Waals surface area contributed by atoms with Gasteiger partial charge in [-0.3, -0.25) is 0 Å². The van der Waals surface area contributed by atoms with Crippen molar-refractivity contribution in [3.8, 4) is 6.07 Å². The molecule has 0 radical (unpaired) electrons. The number of aliphatic hydroxyl groups is 1. The van der Waals surface area contributed by atoms with Crippen LogP contribution in [0.15, 0.2) is 24.3 Å². The van der Waals surface area contributed by atoms with E-state index in [0.29, 0.717) is 5.56 Å². The van der Waals surface area contributed by atoms with Gasteiger partial charge in [0.2, 0.25) is 0 Å². The molecule has 1 aromatic rings. The minimum Gasteiger partial charge on any atom is -0.396 e. The van der Waals surface area contributed by atoms with E-state index in [2.05, 4.69) is 11.4 Å². The van der Waals surface area contributed by atoms with Gasteiger partial charge >= 0.3 is 0 Å². The summed E-state index contributed by atoms with van der Waals surface area (Å²) in [6.45, 7) is 4.19. The first-order valence-corrected chi connectivity index (χ1v) is 5.05. The van der Waals surface area contributed by atoms with Crippen molar-refractivity contribution in [3.05, 3.63) is 29.8 Å². The Balaban J connectivity index is 2.61. The molecule has 1 rings (SSSR count). The van der Waals surface area contributed by atoms with E-state index in [9.17, 15) is 0 Å². The van der Waals surface area contributed by atoms with Crippen LogP contribution in [-0.2, 0) is 0 Å². The van der Waals surface area contributed by atoms with Crippen molar-refractivity contribution >= 4 is 5.69 Å². The Labute approximate surface area is 90.4 Å². The molecule has 3 heteroatoms. The second kappa shape index (κ2) is 5.38. The number of benzene rings is 1. The molecule has 0 saturated carbocycles. The molecule has 0 saturated heterocycles. The second-order valence-electron chi connectivity index (χ2n) is 3.78. The number of anilines is 1. The van der Waals surface area contributed by atoms with Gasteiger partial charge in [-0.05, 0) is 37.1 Å². The first-order chi connectivity index (χ1) is 7.17. The fraction of sp³-hybridized carbons (Fsp3) is 0.417. The van der Waals surface area contributed by atoms with Gasteiger partial charge in [-0.15, -0.1) is 0 Å². The summed E-state index contributed by atoms with van der Waals surface area (Å²) in [4.78, 5) is 0. The van der Waals surface area contributed by atoms with Crippen LogP contribution in [-0.4, -0.2) is 17.8 Å². The van der Waals surface area contributed by atoms with Crippen molar-refractivity contribution in [2.45, 2.75) is 19.9 Å². The molecular formula is C12H16N2O. The van der Waals surface area contributed by atoms with Crippen LogP contribution in [0.2, 0.25) is 0 Å². The topological polar surface area (TPSA) is 56.0 Å². The van der Waals surface area contributed by atoms with E-state index in [-0.39, 0.29) is 18.6 Å². The van der Waals surface area contributed by atoms with E-state index >= 15 is 0 Å². The fourth-order valence-electron chi connectivity index (χ4n) is 1.20. The summed E-state index contributed by atoms with van der Waals surface area (Å²) in [6, 6.07) is 9.59. The van der Waals surface area contributed by atoms with Gasteiger partial charge in [0.1, 0.15) is 0 Å². The average molecular weight is 204 g/mol. The molecular weight excluding hydrogens is 188 g/mol. The Bertz CT molecular complexity index is 340. The van der Waals surface area contributed by atoms with Crippen molar-refractivity contribution in [2.24, 2.45) is 5.92 Å². The van der Waals surface area contributed by atoms with Crippen molar-refractivity contribution in [3.63, 3.8) is 0 Å². The number of aliphatic hydroxyl groups excluding tert-OH is 1. The smallest absolute Gasteiger partial charge is 0.0991 e. The highest BCUT2D eigenvalue weighted by molar-refractivity contribution is 5.47. The quantitative estimate of drug-likeness (QED) is 0.788. The third-order valence-corrected chi connectivity index (χ3v) is 2.55. The molecule has 2 unspecified atom stereocenters. The highest BCUT2D eigenvalue weighted by Crippen LogP contribution is 2.13. The zero-order valence-electron chi connectivity index (χ0n) is 9.07. The molecule has 80 valence electrons. The summed E-state index contributed by atoms with van der Waals surface area (Å²) in [5.41, 5.74) is 1.63. The normalized spacial score (nSPS) is 14.0. The van der Waals surface area contributed by atoms with Gasteiger partial charge in [-0.2, -0.15) is 5.26 Å². The van der Waals surface area contributed by atoms with Gasteiger partial charge in [0.05, 0.1) is 11.6 Å². The zero-order chi connectivity index (χ0) is 11.3. The van der Waals surface area contributed by atoms with Gasteiger partial charge in [-0.1, -0.05) is 6.92 Å². The van der Waals surface area contributed by atoms with Crippen molar-refractivity contribution < 1.29 is 5.11 Å². The monoisotopic (exact) mass is 204 g/mol. The average Bonchev–Trinajstić information content (AvgIpc) is 2.29. The largest absolute Gasteiger partial charge is 0.396 e. The summed E-state index contributed by atoms with van der Waals surface area (Å²) in [6.07, 6.45) is 0. The van der Waals surface area contributed by atoms with Gasteiger partial charge < -0.3 is 10.4 Å². The van der Waals surface area contributed by atoms with E-state index in [1.165, 1.54) is 0 Å². The van der Waals surface area contributed by atoms with Gasteiger partial charge in [0.15, 0.2) is 0 Å². The number of nitrogens with zero attached hydrogens (tertiary/aromatic N) is 1. The molecule has 2 atom stereocenters. The molecule has 1 aromatic carbocycles. The van der Waals surface area contributed by atoms with Gasteiger partial charge in [0.25, 0.3) is 0 Å². The van der Waals surface area contributed by atoms with Crippen LogP contribution in [0.25, 0.3) is 0 Å². The summed E-state index contributed by atoms with van der Waals surface area (Å²) in [5, 5.41) is 20.9. The van der Waals surface area contributed by atoms with E-state index in [1.54, 1.807) is 12.1 Å². The lowest BCUT2D eigenvalue weighted by Gasteiger charge is -2.20. The Morgan fingerprint density at radius 1 is 1.33 bits per heavy atom. The van der Waals surface area contributed by atoms with E-state index in [1.807, 2.05) is 26.0 Å². The summed E-state index contributed by atoms with van der Waals surface area (Å²) >= 11 is 0. The minimum atomic E-state index is 0.171. The van der Waals surface area contributed by atoms with Crippen molar-refractivity contribution in [1.29, 1.82) is 5.26 Å². The van der Waals surface area contributed by atoms with Gasteiger partial charge in [0, 0.05) is 18.3 Å². The molecule has 0 aromatic heterocycles. The molecule has 2 N–H and O–H groups in total. The first kappa shape index (κ1) is 11.5. The third kappa shape index (κ3) is 3.26. The van der Waals surface area contributed by atoms with Crippen LogP contribution < -0.4 is 5.32 Å². The number of rotatable bonds is 4. The van der Waals surface area contributed by atoms with E-state index in [0.717, 1.165) is 5.69 Å². The van der Waals surface area contributed by atoms with Crippen LogP contribution in [0.4, 0.5) is 5.69 Å². The lowest BCUT2D eigenvalue weighted by Crippen LogP contribution is -2.26. The maximum absolute atomic E-state index is 8.98. The maximum atomic E-state index is 8.98. The Hall–Kier alpha value is -1.53. The number of nitrogens with one attached hydrogen (secondary N) is 1. The number of hydrogen-bond acceptors (Lipinski definition) is 3. The van der Waals surface area contributed by atoms with Gasteiger partial charge in [-0.25, -0.2) is 0 Å². The fourth-order valence-corrected chi connectivity index (χ4v) is 1.20. The van der Waals surface area contributed by atoms with E-state index < -0.39 is 0 Å². The lowest BCUT2D eigenvalue weighted by atomic mass is 10.0. The Morgan fingerprint density at radius 3 is 2.40 bits per heavy atom. The Morgan fingerprint density at radius 2 is 1.93 bits per heavy atom. The molecule has 0 heterocycles. The molecule has 0 amide bonds. The molecule has 3 nitrogen and oxygen atoms in total. The molecule has 0 spiro atoms. The lowest BCUT2D eigenvalue weighted by molar-refractivity contribution is 0.226. The Kier molecular flexibility index (Phi) is 4.14. The summed E-state index contributed by atoms with van der Waals surface area (Å²) in [5.74, 6) is 0.209. The van der Waals surface area contributed by atoms with E-state index in [4.69, 9.17) is 10.4 Å².